The van der Waals surface area contributed by atoms with E-state index in [1.54, 1.807) is 0 Å². The van der Waals surface area contributed by atoms with E-state index in [1.807, 2.05) is 43.3 Å². The number of nitrogens with zero attached hydrogens (tertiary/aromatic N) is 2. The molecule has 0 unspecified atom stereocenters. The molecule has 6 heteroatoms. The summed E-state index contributed by atoms with van der Waals surface area (Å²) in [6, 6.07) is 7.51. The number of aromatic nitrogens is 1. The standard InChI is InChI=1S/C12H12N2O3S/c1-14(2)8-5-3-7(4-6-8)11-13-10(15)9(18-11)12(16)17/h3-6,15H,1-2H3,(H,16,17). The number of carboxylic acids is 1. The van der Waals surface area contributed by atoms with Gasteiger partial charge in [0.2, 0.25) is 5.88 Å². The van der Waals surface area contributed by atoms with Gasteiger partial charge in [-0.3, -0.25) is 0 Å². The van der Waals surface area contributed by atoms with Crippen LogP contribution in [-0.2, 0) is 0 Å². The van der Waals surface area contributed by atoms with Gasteiger partial charge < -0.3 is 15.1 Å². The zero-order valence-electron chi connectivity index (χ0n) is 9.91. The average Bonchev–Trinajstić information content (AvgIpc) is 2.71. The van der Waals surface area contributed by atoms with Crippen LogP contribution in [0, 0.1) is 0 Å². The summed E-state index contributed by atoms with van der Waals surface area (Å²) in [4.78, 5) is 16.5. The number of carboxylic acid groups (broad SMARTS) is 1. The summed E-state index contributed by atoms with van der Waals surface area (Å²) in [5.74, 6) is -1.60. The lowest BCUT2D eigenvalue weighted by Gasteiger charge is -2.11. The number of rotatable bonds is 3. The van der Waals surface area contributed by atoms with Crippen LogP contribution < -0.4 is 4.90 Å². The molecule has 1 aromatic heterocycles. The van der Waals surface area contributed by atoms with E-state index in [-0.39, 0.29) is 4.88 Å². The fraction of sp³-hybridized carbons (Fsp3) is 0.167. The van der Waals surface area contributed by atoms with Crippen LogP contribution in [0.25, 0.3) is 10.6 Å². The van der Waals surface area contributed by atoms with E-state index in [4.69, 9.17) is 5.11 Å². The van der Waals surface area contributed by atoms with Gasteiger partial charge >= 0.3 is 5.97 Å². The number of benzene rings is 1. The minimum absolute atomic E-state index is 0.137. The fourth-order valence-corrected chi connectivity index (χ4v) is 2.28. The number of thiazole rings is 1. The van der Waals surface area contributed by atoms with Crippen LogP contribution in [0.1, 0.15) is 9.67 Å². The highest BCUT2D eigenvalue weighted by Crippen LogP contribution is 2.32. The molecule has 0 aliphatic heterocycles. The number of aromatic carboxylic acids is 1. The van der Waals surface area contributed by atoms with E-state index in [1.165, 1.54) is 0 Å². The second-order valence-corrected chi connectivity index (χ2v) is 4.92. The van der Waals surface area contributed by atoms with Gasteiger partial charge in [-0.05, 0) is 24.3 Å². The lowest BCUT2D eigenvalue weighted by atomic mass is 10.2. The quantitative estimate of drug-likeness (QED) is 0.889. The van der Waals surface area contributed by atoms with Crippen molar-refractivity contribution in [2.75, 3.05) is 19.0 Å². The predicted molar refractivity (Wildman–Crippen MR) is 70.5 cm³/mol. The zero-order chi connectivity index (χ0) is 13.3. The second kappa shape index (κ2) is 4.66. The summed E-state index contributed by atoms with van der Waals surface area (Å²) in [6.45, 7) is 0. The summed E-state index contributed by atoms with van der Waals surface area (Å²) in [5, 5.41) is 18.8. The Morgan fingerprint density at radius 3 is 2.33 bits per heavy atom. The highest BCUT2D eigenvalue weighted by molar-refractivity contribution is 7.17. The number of anilines is 1. The summed E-state index contributed by atoms with van der Waals surface area (Å²) < 4.78 is 0. The number of carbonyl (C=O) groups is 1. The summed E-state index contributed by atoms with van der Waals surface area (Å²) in [5.41, 5.74) is 1.83. The Bertz CT molecular complexity index is 576. The van der Waals surface area contributed by atoms with Crippen LogP contribution in [0.5, 0.6) is 5.88 Å². The first kappa shape index (κ1) is 12.4. The molecule has 0 amide bonds. The topological polar surface area (TPSA) is 73.7 Å². The molecule has 2 aromatic rings. The van der Waals surface area contributed by atoms with E-state index < -0.39 is 11.8 Å². The van der Waals surface area contributed by atoms with Crippen molar-refractivity contribution >= 4 is 23.0 Å². The van der Waals surface area contributed by atoms with Gasteiger partial charge in [0, 0.05) is 25.3 Å². The van der Waals surface area contributed by atoms with Gasteiger partial charge in [0.25, 0.3) is 0 Å². The van der Waals surface area contributed by atoms with Crippen molar-refractivity contribution in [3.05, 3.63) is 29.1 Å². The Balaban J connectivity index is 2.37. The third-order valence-corrected chi connectivity index (χ3v) is 3.52. The van der Waals surface area contributed by atoms with E-state index in [0.717, 1.165) is 22.6 Å². The van der Waals surface area contributed by atoms with Gasteiger partial charge in [-0.2, -0.15) is 0 Å². The molecule has 0 spiro atoms. The molecule has 0 saturated heterocycles. The van der Waals surface area contributed by atoms with Crippen molar-refractivity contribution in [3.8, 4) is 16.5 Å². The third-order valence-electron chi connectivity index (χ3n) is 2.43. The molecule has 94 valence electrons. The van der Waals surface area contributed by atoms with Crippen LogP contribution in [0.4, 0.5) is 5.69 Å². The van der Waals surface area contributed by atoms with Crippen LogP contribution >= 0.6 is 11.3 Å². The number of hydrogen-bond acceptors (Lipinski definition) is 5. The van der Waals surface area contributed by atoms with Gasteiger partial charge in [0.15, 0.2) is 4.88 Å². The molecule has 0 aliphatic carbocycles. The normalized spacial score (nSPS) is 10.3. The molecule has 0 atom stereocenters. The first-order valence-corrected chi connectivity index (χ1v) is 6.01. The van der Waals surface area contributed by atoms with Crippen LogP contribution in [0.3, 0.4) is 0 Å². The van der Waals surface area contributed by atoms with E-state index in [0.29, 0.717) is 5.01 Å². The SMILES string of the molecule is CN(C)c1ccc(-c2nc(O)c(C(=O)O)s2)cc1. The van der Waals surface area contributed by atoms with Crippen molar-refractivity contribution in [1.29, 1.82) is 0 Å². The fourth-order valence-electron chi connectivity index (χ4n) is 1.48. The number of hydrogen-bond donors (Lipinski definition) is 2. The Morgan fingerprint density at radius 1 is 1.28 bits per heavy atom. The monoisotopic (exact) mass is 264 g/mol. The Kier molecular flexibility index (Phi) is 3.20. The van der Waals surface area contributed by atoms with E-state index in [9.17, 15) is 9.90 Å². The van der Waals surface area contributed by atoms with E-state index >= 15 is 0 Å². The minimum atomic E-state index is -1.17. The van der Waals surface area contributed by atoms with Gasteiger partial charge in [0.05, 0.1) is 0 Å². The molecule has 0 radical (unpaired) electrons. The van der Waals surface area contributed by atoms with Crippen molar-refractivity contribution in [2.24, 2.45) is 0 Å². The molecule has 1 aromatic carbocycles. The van der Waals surface area contributed by atoms with Crippen LogP contribution in [0.15, 0.2) is 24.3 Å². The molecule has 0 bridgehead atoms. The maximum Gasteiger partial charge on any atom is 0.351 e. The Hall–Kier alpha value is -2.08. The lowest BCUT2D eigenvalue weighted by Crippen LogP contribution is -2.07. The molecule has 0 fully saturated rings. The van der Waals surface area contributed by atoms with Gasteiger partial charge in [0.1, 0.15) is 5.01 Å². The number of aromatic hydroxyl groups is 1. The molecular formula is C12H12N2O3S. The first-order valence-electron chi connectivity index (χ1n) is 5.20. The molecule has 5 nitrogen and oxygen atoms in total. The van der Waals surface area contributed by atoms with Gasteiger partial charge in [-0.15, -0.1) is 11.3 Å². The third kappa shape index (κ3) is 2.28. The Morgan fingerprint density at radius 2 is 1.89 bits per heavy atom. The Labute approximate surface area is 108 Å². The highest BCUT2D eigenvalue weighted by Gasteiger charge is 2.17. The minimum Gasteiger partial charge on any atom is -0.492 e. The van der Waals surface area contributed by atoms with Gasteiger partial charge in [-0.1, -0.05) is 0 Å². The van der Waals surface area contributed by atoms with Crippen molar-refractivity contribution in [1.82, 2.24) is 4.98 Å². The highest BCUT2D eigenvalue weighted by atomic mass is 32.1. The van der Waals surface area contributed by atoms with Crippen molar-refractivity contribution < 1.29 is 15.0 Å². The maximum absolute atomic E-state index is 10.8. The van der Waals surface area contributed by atoms with E-state index in [2.05, 4.69) is 4.98 Å². The molecule has 0 aliphatic rings. The smallest absolute Gasteiger partial charge is 0.351 e. The predicted octanol–water partition coefficient (Wildman–Crippen LogP) is 2.28. The maximum atomic E-state index is 10.8. The van der Waals surface area contributed by atoms with Crippen molar-refractivity contribution in [3.63, 3.8) is 0 Å². The molecule has 0 saturated carbocycles. The molecule has 1 heterocycles. The first-order chi connectivity index (χ1) is 8.49. The molecular weight excluding hydrogens is 252 g/mol. The van der Waals surface area contributed by atoms with Crippen LogP contribution in [-0.4, -0.2) is 35.3 Å². The van der Waals surface area contributed by atoms with Crippen LogP contribution in [0.2, 0.25) is 0 Å². The summed E-state index contributed by atoms with van der Waals surface area (Å²) >= 11 is 0.961. The van der Waals surface area contributed by atoms with Gasteiger partial charge in [-0.25, -0.2) is 9.78 Å². The summed E-state index contributed by atoms with van der Waals surface area (Å²) in [6.07, 6.45) is 0. The molecule has 18 heavy (non-hydrogen) atoms. The zero-order valence-corrected chi connectivity index (χ0v) is 10.7. The average molecular weight is 264 g/mol. The van der Waals surface area contributed by atoms with Crippen molar-refractivity contribution in [2.45, 2.75) is 0 Å². The second-order valence-electron chi connectivity index (χ2n) is 3.92. The lowest BCUT2D eigenvalue weighted by molar-refractivity contribution is 0.0699. The largest absolute Gasteiger partial charge is 0.492 e. The summed E-state index contributed by atoms with van der Waals surface area (Å²) in [7, 11) is 3.87. The molecule has 2 rings (SSSR count). The molecule has 2 N–H and O–H groups in total.